The number of aromatic nitrogens is 5. The highest BCUT2D eigenvalue weighted by Gasteiger charge is 2.17. The fraction of sp³-hybridized carbons (Fsp3) is 0.429. The third kappa shape index (κ3) is 4.58. The lowest BCUT2D eigenvalue weighted by Crippen LogP contribution is -2.45. The molecule has 1 aliphatic heterocycles. The number of nitrogens with zero attached hydrogens (tertiary/aromatic N) is 7. The predicted octanol–water partition coefficient (Wildman–Crippen LogP) is 2.84. The minimum absolute atomic E-state index is 0.624. The molecule has 3 aromatic rings. The number of benzene rings is 1. The molecule has 1 saturated heterocycles. The second kappa shape index (κ2) is 9.46. The van der Waals surface area contributed by atoms with Crippen LogP contribution >= 0.6 is 12.2 Å². The lowest BCUT2D eigenvalue weighted by Gasteiger charge is -2.31. The molecule has 0 spiro atoms. The van der Waals surface area contributed by atoms with E-state index in [0.29, 0.717) is 11.4 Å². The maximum atomic E-state index is 5.73. The van der Waals surface area contributed by atoms with Crippen molar-refractivity contribution >= 4 is 18.4 Å². The highest BCUT2D eigenvalue weighted by molar-refractivity contribution is 7.71. The van der Waals surface area contributed by atoms with Crippen molar-refractivity contribution in [1.82, 2.24) is 34.5 Å². The van der Waals surface area contributed by atoms with Gasteiger partial charge in [-0.1, -0.05) is 37.3 Å². The minimum Gasteiger partial charge on any atom is -0.304 e. The van der Waals surface area contributed by atoms with Crippen LogP contribution in [0.25, 0.3) is 11.3 Å². The van der Waals surface area contributed by atoms with Gasteiger partial charge in [0.2, 0.25) is 4.77 Å². The lowest BCUT2D eigenvalue weighted by atomic mass is 10.1. The number of aromatic amines is 1. The number of hydrogen-bond acceptors (Lipinski definition) is 6. The largest absolute Gasteiger partial charge is 0.304 e. The van der Waals surface area contributed by atoms with E-state index in [4.69, 9.17) is 22.4 Å². The van der Waals surface area contributed by atoms with Crippen molar-refractivity contribution in [3.8, 4) is 11.3 Å². The molecule has 1 aliphatic rings. The van der Waals surface area contributed by atoms with Gasteiger partial charge in [0, 0.05) is 43.7 Å². The molecular formula is C21H28N8S. The van der Waals surface area contributed by atoms with E-state index in [2.05, 4.69) is 34.0 Å². The molecule has 0 unspecified atom stereocenters. The molecule has 2 aromatic heterocycles. The maximum Gasteiger partial charge on any atom is 0.220 e. The van der Waals surface area contributed by atoms with Gasteiger partial charge < -0.3 is 4.90 Å². The summed E-state index contributed by atoms with van der Waals surface area (Å²) < 4.78 is 4.31. The molecule has 4 rings (SSSR count). The first-order chi connectivity index (χ1) is 14.7. The number of H-pyrrole nitrogens is 1. The van der Waals surface area contributed by atoms with Crippen LogP contribution in [-0.2, 0) is 13.1 Å². The minimum atomic E-state index is 0.624. The Kier molecular flexibility index (Phi) is 6.51. The van der Waals surface area contributed by atoms with Crippen LogP contribution in [0.1, 0.15) is 24.7 Å². The normalized spacial score (nSPS) is 15.9. The average molecular weight is 425 g/mol. The smallest absolute Gasteiger partial charge is 0.220 e. The van der Waals surface area contributed by atoms with E-state index in [0.717, 1.165) is 61.7 Å². The molecule has 0 atom stereocenters. The van der Waals surface area contributed by atoms with Crippen molar-refractivity contribution in [2.75, 3.05) is 33.2 Å². The molecular weight excluding hydrogens is 396 g/mol. The molecule has 9 heteroatoms. The van der Waals surface area contributed by atoms with Crippen LogP contribution in [0.4, 0.5) is 0 Å². The Labute approximate surface area is 181 Å². The predicted molar refractivity (Wildman–Crippen MR) is 121 cm³/mol. The first-order valence-electron chi connectivity index (χ1n) is 10.4. The van der Waals surface area contributed by atoms with Gasteiger partial charge in [0.25, 0.3) is 0 Å². The Hall–Kier alpha value is -2.62. The molecule has 1 fully saturated rings. The van der Waals surface area contributed by atoms with E-state index in [1.165, 1.54) is 0 Å². The second-order valence-electron chi connectivity index (χ2n) is 7.63. The molecule has 0 amide bonds. The van der Waals surface area contributed by atoms with Crippen molar-refractivity contribution in [2.45, 2.75) is 26.4 Å². The number of nitrogens with one attached hydrogen (secondary N) is 1. The van der Waals surface area contributed by atoms with E-state index in [1.807, 2.05) is 41.2 Å². The Balaban J connectivity index is 1.59. The lowest BCUT2D eigenvalue weighted by molar-refractivity contribution is 0.118. The van der Waals surface area contributed by atoms with Crippen molar-refractivity contribution < 1.29 is 0 Å². The summed E-state index contributed by atoms with van der Waals surface area (Å²) in [6.07, 6.45) is 5.40. The van der Waals surface area contributed by atoms with E-state index >= 15 is 0 Å². The molecule has 0 radical (unpaired) electrons. The summed E-state index contributed by atoms with van der Waals surface area (Å²) in [5.74, 6) is 0.887. The van der Waals surface area contributed by atoms with Crippen LogP contribution in [0.2, 0.25) is 0 Å². The van der Waals surface area contributed by atoms with Gasteiger partial charge in [0.1, 0.15) is 0 Å². The van der Waals surface area contributed by atoms with Crippen molar-refractivity contribution in [3.05, 3.63) is 52.7 Å². The molecule has 30 heavy (non-hydrogen) atoms. The summed E-state index contributed by atoms with van der Waals surface area (Å²) in [7, 11) is 2.16. The van der Waals surface area contributed by atoms with Crippen LogP contribution in [0.15, 0.2) is 41.6 Å². The molecule has 1 N–H and O–H groups in total. The van der Waals surface area contributed by atoms with Gasteiger partial charge in [0.05, 0.1) is 24.8 Å². The Morgan fingerprint density at radius 3 is 2.67 bits per heavy atom. The molecule has 0 bridgehead atoms. The highest BCUT2D eigenvalue weighted by Crippen LogP contribution is 2.19. The number of piperazine rings is 1. The van der Waals surface area contributed by atoms with E-state index in [-0.39, 0.29) is 0 Å². The molecule has 0 aliphatic carbocycles. The Morgan fingerprint density at radius 2 is 1.93 bits per heavy atom. The van der Waals surface area contributed by atoms with E-state index in [9.17, 15) is 0 Å². The van der Waals surface area contributed by atoms with Crippen LogP contribution in [0.3, 0.4) is 0 Å². The van der Waals surface area contributed by atoms with Gasteiger partial charge >= 0.3 is 0 Å². The zero-order valence-corrected chi connectivity index (χ0v) is 18.3. The second-order valence-corrected chi connectivity index (χ2v) is 8.00. The molecule has 0 saturated carbocycles. The molecule has 8 nitrogen and oxygen atoms in total. The Morgan fingerprint density at radius 1 is 1.17 bits per heavy atom. The molecule has 1 aromatic carbocycles. The number of aryl methyl sites for hydroxylation is 1. The highest BCUT2D eigenvalue weighted by atomic mass is 32.1. The van der Waals surface area contributed by atoms with E-state index < -0.39 is 0 Å². The SMILES string of the molecule is CCCc1nn(CN2CCN(C)CC2)c(=S)n1/N=C/c1cn[nH]c1-c1ccccc1. The number of likely N-dealkylation sites (N-methyl/N-ethyl adjacent to an activating group) is 1. The first kappa shape index (κ1) is 20.6. The standard InChI is InChI=1S/C21H28N8S/c1-3-7-19-25-28(16-27-12-10-26(2)11-13-27)21(30)29(19)23-15-18-14-22-24-20(18)17-8-5-4-6-9-17/h4-6,8-9,14-15H,3,7,10-13,16H2,1-2H3,(H,22,24)/b23-15+. The molecule has 3 heterocycles. The number of hydrogen-bond donors (Lipinski definition) is 1. The van der Waals surface area contributed by atoms with Crippen LogP contribution in [0.5, 0.6) is 0 Å². The van der Waals surface area contributed by atoms with Gasteiger partial charge in [-0.25, -0.2) is 4.68 Å². The van der Waals surface area contributed by atoms with Crippen LogP contribution in [-0.4, -0.2) is 73.9 Å². The van der Waals surface area contributed by atoms with Gasteiger partial charge in [-0.2, -0.15) is 20.0 Å². The quantitative estimate of drug-likeness (QED) is 0.467. The topological polar surface area (TPSA) is 70.3 Å². The third-order valence-electron chi connectivity index (χ3n) is 5.33. The maximum absolute atomic E-state index is 5.73. The summed E-state index contributed by atoms with van der Waals surface area (Å²) >= 11 is 5.73. The Bertz CT molecular complexity index is 1040. The van der Waals surface area contributed by atoms with E-state index in [1.54, 1.807) is 10.9 Å². The average Bonchev–Trinajstić information content (AvgIpc) is 3.34. The van der Waals surface area contributed by atoms with Crippen LogP contribution < -0.4 is 0 Å². The summed E-state index contributed by atoms with van der Waals surface area (Å²) in [4.78, 5) is 4.73. The number of rotatable bonds is 7. The fourth-order valence-corrected chi connectivity index (χ4v) is 3.81. The van der Waals surface area contributed by atoms with Crippen molar-refractivity contribution in [1.29, 1.82) is 0 Å². The molecule has 158 valence electrons. The van der Waals surface area contributed by atoms with Crippen molar-refractivity contribution in [2.24, 2.45) is 5.10 Å². The first-order valence-corrected chi connectivity index (χ1v) is 10.8. The summed E-state index contributed by atoms with van der Waals surface area (Å²) in [6, 6.07) is 10.1. The fourth-order valence-electron chi connectivity index (χ4n) is 3.56. The summed E-state index contributed by atoms with van der Waals surface area (Å²) in [6.45, 7) is 7.01. The van der Waals surface area contributed by atoms with Gasteiger partial charge in [-0.3, -0.25) is 10.00 Å². The zero-order valence-electron chi connectivity index (χ0n) is 17.5. The van der Waals surface area contributed by atoms with Crippen LogP contribution in [0, 0.1) is 4.77 Å². The summed E-state index contributed by atoms with van der Waals surface area (Å²) in [5.41, 5.74) is 2.92. The summed E-state index contributed by atoms with van der Waals surface area (Å²) in [5, 5.41) is 16.7. The zero-order chi connectivity index (χ0) is 20.9. The monoisotopic (exact) mass is 424 g/mol. The van der Waals surface area contributed by atoms with Gasteiger partial charge in [-0.05, 0) is 25.7 Å². The van der Waals surface area contributed by atoms with Crippen molar-refractivity contribution in [3.63, 3.8) is 0 Å². The van der Waals surface area contributed by atoms with Gasteiger partial charge in [0.15, 0.2) is 5.82 Å². The van der Waals surface area contributed by atoms with Gasteiger partial charge in [-0.15, -0.1) is 0 Å². The third-order valence-corrected chi connectivity index (χ3v) is 5.71.